The summed E-state index contributed by atoms with van der Waals surface area (Å²) >= 11 is 0. The van der Waals surface area contributed by atoms with Crippen LogP contribution in [0.3, 0.4) is 0 Å². The lowest BCUT2D eigenvalue weighted by Crippen LogP contribution is -2.50. The van der Waals surface area contributed by atoms with E-state index in [-0.39, 0.29) is 29.8 Å². The molecule has 0 N–H and O–H groups in total. The van der Waals surface area contributed by atoms with Gasteiger partial charge in [-0.3, -0.25) is 9.36 Å². The number of benzene rings is 1. The number of imidazole rings is 1. The standard InChI is InChI=1S/C25H31F2N7O2/c1-4-22(35)32-11-9-31(10-12-32)20-15-21(33-13-14-36-17(3)16(33)2)30-25(29-20)34-19-8-6-5-7-18(19)28-24(34)23(26)27/h5-8,15-17,23H,4,9-14H2,1-3H3/t16-,17+/m1/s1. The minimum atomic E-state index is -2.79. The maximum Gasteiger partial charge on any atom is 0.296 e. The van der Waals surface area contributed by atoms with Crippen LogP contribution >= 0.6 is 0 Å². The van der Waals surface area contributed by atoms with E-state index in [0.29, 0.717) is 68.4 Å². The quantitative estimate of drug-likeness (QED) is 0.532. The Kier molecular flexibility index (Phi) is 6.74. The SMILES string of the molecule is CCC(=O)N1CCN(c2cc(N3CCO[C@@H](C)[C@H]3C)nc(-n3c(C(F)F)nc4ccccc43)n2)CC1. The molecule has 0 radical (unpaired) electrons. The first-order valence-electron chi connectivity index (χ1n) is 12.4. The Morgan fingerprint density at radius 2 is 1.78 bits per heavy atom. The number of morpholine rings is 1. The maximum absolute atomic E-state index is 14.1. The fourth-order valence-electron chi connectivity index (χ4n) is 4.89. The van der Waals surface area contributed by atoms with Crippen LogP contribution in [0.25, 0.3) is 17.0 Å². The van der Waals surface area contributed by atoms with Gasteiger partial charge >= 0.3 is 0 Å². The molecule has 2 saturated heterocycles. The van der Waals surface area contributed by atoms with E-state index < -0.39 is 6.43 Å². The number of nitrogens with zero attached hydrogens (tertiary/aromatic N) is 7. The molecule has 1 aromatic carbocycles. The van der Waals surface area contributed by atoms with E-state index in [4.69, 9.17) is 14.7 Å². The molecule has 2 aromatic heterocycles. The molecule has 2 aliphatic rings. The number of aromatic nitrogens is 4. The molecular weight excluding hydrogens is 468 g/mol. The normalized spacial score (nSPS) is 21.0. The summed E-state index contributed by atoms with van der Waals surface area (Å²) in [7, 11) is 0. The molecule has 0 spiro atoms. The lowest BCUT2D eigenvalue weighted by molar-refractivity contribution is -0.131. The summed E-state index contributed by atoms with van der Waals surface area (Å²) in [6.07, 6.45) is -2.33. The Labute approximate surface area is 208 Å². The number of carbonyl (C=O) groups excluding carboxylic acids is 1. The number of ether oxygens (including phenoxy) is 1. The van der Waals surface area contributed by atoms with Crippen molar-refractivity contribution in [2.75, 3.05) is 49.1 Å². The molecule has 11 heteroatoms. The van der Waals surface area contributed by atoms with Gasteiger partial charge in [0.2, 0.25) is 11.9 Å². The van der Waals surface area contributed by atoms with Crippen LogP contribution in [-0.2, 0) is 9.53 Å². The van der Waals surface area contributed by atoms with Crippen LogP contribution in [0.2, 0.25) is 0 Å². The molecule has 0 unspecified atom stereocenters. The van der Waals surface area contributed by atoms with Crippen molar-refractivity contribution in [1.29, 1.82) is 0 Å². The highest BCUT2D eigenvalue weighted by Gasteiger charge is 2.30. The summed E-state index contributed by atoms with van der Waals surface area (Å²) in [5, 5.41) is 0. The van der Waals surface area contributed by atoms with E-state index in [2.05, 4.69) is 21.7 Å². The van der Waals surface area contributed by atoms with E-state index in [1.165, 1.54) is 4.57 Å². The fraction of sp³-hybridized carbons (Fsp3) is 0.520. The van der Waals surface area contributed by atoms with Crippen molar-refractivity contribution < 1.29 is 18.3 Å². The molecule has 9 nitrogen and oxygen atoms in total. The van der Waals surface area contributed by atoms with Gasteiger partial charge in [-0.15, -0.1) is 0 Å². The Morgan fingerprint density at radius 1 is 1.06 bits per heavy atom. The first-order valence-corrected chi connectivity index (χ1v) is 12.4. The van der Waals surface area contributed by atoms with E-state index in [1.807, 2.05) is 24.8 Å². The van der Waals surface area contributed by atoms with Gasteiger partial charge in [0.25, 0.3) is 6.43 Å². The molecule has 3 aromatic rings. The van der Waals surface area contributed by atoms with E-state index in [0.717, 1.165) is 0 Å². The first kappa shape index (κ1) is 24.4. The molecule has 2 fully saturated rings. The number of fused-ring (bicyclic) bond motifs is 1. The van der Waals surface area contributed by atoms with Crippen molar-refractivity contribution in [3.8, 4) is 5.95 Å². The highest BCUT2D eigenvalue weighted by atomic mass is 19.3. The highest BCUT2D eigenvalue weighted by Crippen LogP contribution is 2.31. The third kappa shape index (κ3) is 4.47. The smallest absolute Gasteiger partial charge is 0.296 e. The molecule has 2 atom stereocenters. The van der Waals surface area contributed by atoms with Crippen molar-refractivity contribution in [3.63, 3.8) is 0 Å². The maximum atomic E-state index is 14.1. The zero-order chi connectivity index (χ0) is 25.4. The number of para-hydroxylation sites is 2. The largest absolute Gasteiger partial charge is 0.375 e. The molecule has 4 heterocycles. The van der Waals surface area contributed by atoms with Crippen LogP contribution in [-0.4, -0.2) is 81.8 Å². The lowest BCUT2D eigenvalue weighted by atomic mass is 10.1. The number of alkyl halides is 2. The van der Waals surface area contributed by atoms with Gasteiger partial charge in [0.05, 0.1) is 29.8 Å². The third-order valence-corrected chi connectivity index (χ3v) is 7.11. The van der Waals surface area contributed by atoms with Crippen molar-refractivity contribution in [1.82, 2.24) is 24.4 Å². The average Bonchev–Trinajstić information content (AvgIpc) is 3.30. The zero-order valence-corrected chi connectivity index (χ0v) is 20.8. The van der Waals surface area contributed by atoms with E-state index >= 15 is 0 Å². The summed E-state index contributed by atoms with van der Waals surface area (Å²) in [6.45, 7) is 9.50. The third-order valence-electron chi connectivity index (χ3n) is 7.11. The minimum Gasteiger partial charge on any atom is -0.375 e. The van der Waals surface area contributed by atoms with E-state index in [1.54, 1.807) is 24.3 Å². The Balaban J connectivity index is 1.60. The minimum absolute atomic E-state index is 0.00471. The summed E-state index contributed by atoms with van der Waals surface area (Å²) in [5.41, 5.74) is 0.987. The Bertz CT molecular complexity index is 1240. The lowest BCUT2D eigenvalue weighted by Gasteiger charge is -2.39. The second kappa shape index (κ2) is 9.96. The number of amides is 1. The summed E-state index contributed by atoms with van der Waals surface area (Å²) in [6, 6.07) is 8.97. The molecule has 0 bridgehead atoms. The first-order chi connectivity index (χ1) is 17.4. The fourth-order valence-corrected chi connectivity index (χ4v) is 4.89. The molecule has 192 valence electrons. The van der Waals surface area contributed by atoms with Gasteiger partial charge in [0.1, 0.15) is 11.6 Å². The molecule has 36 heavy (non-hydrogen) atoms. The van der Waals surface area contributed by atoms with Crippen molar-refractivity contribution in [2.24, 2.45) is 0 Å². The number of hydrogen-bond acceptors (Lipinski definition) is 7. The van der Waals surface area contributed by atoms with Gasteiger partial charge in [0.15, 0.2) is 5.82 Å². The second-order valence-electron chi connectivity index (χ2n) is 9.21. The van der Waals surface area contributed by atoms with Gasteiger partial charge in [0, 0.05) is 45.2 Å². The van der Waals surface area contributed by atoms with Crippen molar-refractivity contribution in [3.05, 3.63) is 36.2 Å². The van der Waals surface area contributed by atoms with Crippen molar-refractivity contribution >= 4 is 28.6 Å². The topological polar surface area (TPSA) is 79.6 Å². The molecule has 2 aliphatic heterocycles. The zero-order valence-electron chi connectivity index (χ0n) is 20.8. The van der Waals surface area contributed by atoms with Crippen LogP contribution in [0.1, 0.15) is 39.4 Å². The number of hydrogen-bond donors (Lipinski definition) is 0. The summed E-state index contributed by atoms with van der Waals surface area (Å²) in [5.74, 6) is 1.19. The summed E-state index contributed by atoms with van der Waals surface area (Å²) in [4.78, 5) is 32.0. The van der Waals surface area contributed by atoms with Gasteiger partial charge in [-0.05, 0) is 26.0 Å². The van der Waals surface area contributed by atoms with Crippen molar-refractivity contribution in [2.45, 2.75) is 45.8 Å². The molecule has 1 amide bonds. The van der Waals surface area contributed by atoms with Crippen LogP contribution in [0.15, 0.2) is 30.3 Å². The van der Waals surface area contributed by atoms with Crippen LogP contribution in [0.5, 0.6) is 0 Å². The van der Waals surface area contributed by atoms with Gasteiger partial charge < -0.3 is 19.4 Å². The van der Waals surface area contributed by atoms with Crippen LogP contribution < -0.4 is 9.80 Å². The number of carbonyl (C=O) groups is 1. The van der Waals surface area contributed by atoms with E-state index in [9.17, 15) is 13.6 Å². The Hall–Kier alpha value is -3.34. The van der Waals surface area contributed by atoms with Gasteiger partial charge in [-0.25, -0.2) is 13.8 Å². The number of anilines is 2. The van der Waals surface area contributed by atoms with Crippen LogP contribution in [0, 0.1) is 0 Å². The molecular formula is C25H31F2N7O2. The van der Waals surface area contributed by atoms with Crippen LogP contribution in [0.4, 0.5) is 20.4 Å². The number of rotatable bonds is 5. The monoisotopic (exact) mass is 499 g/mol. The Morgan fingerprint density at radius 3 is 2.50 bits per heavy atom. The highest BCUT2D eigenvalue weighted by molar-refractivity contribution is 5.78. The number of halogens is 2. The molecule has 0 aliphatic carbocycles. The molecule has 5 rings (SSSR count). The number of piperazine rings is 1. The summed E-state index contributed by atoms with van der Waals surface area (Å²) < 4.78 is 35.4. The van der Waals surface area contributed by atoms with Gasteiger partial charge in [-0.2, -0.15) is 9.97 Å². The molecule has 0 saturated carbocycles. The van der Waals surface area contributed by atoms with Gasteiger partial charge in [-0.1, -0.05) is 19.1 Å². The predicted molar refractivity (Wildman–Crippen MR) is 133 cm³/mol. The average molecular weight is 500 g/mol. The second-order valence-corrected chi connectivity index (χ2v) is 9.21. The predicted octanol–water partition coefficient (Wildman–Crippen LogP) is 3.43.